The minimum Gasteiger partial charge on any atom is -0.481 e. The number of fused-ring (bicyclic) bond motifs is 1. The maximum atomic E-state index is 12.0. The third kappa shape index (κ3) is 3.54. The Kier molecular flexibility index (Phi) is 4.52. The van der Waals surface area contributed by atoms with Gasteiger partial charge in [-0.25, -0.2) is 0 Å². The molecule has 1 atom stereocenters. The van der Waals surface area contributed by atoms with Crippen LogP contribution < -0.4 is 5.32 Å². The molecule has 5 nitrogen and oxygen atoms in total. The summed E-state index contributed by atoms with van der Waals surface area (Å²) in [6.45, 7) is 0.886. The number of rotatable bonds is 5. The van der Waals surface area contributed by atoms with Crippen LogP contribution in [0.25, 0.3) is 0 Å². The maximum Gasteiger partial charge on any atom is 0.303 e. The number of hydrogen-bond acceptors (Lipinski definition) is 3. The monoisotopic (exact) mass is 263 g/mol. The molecule has 0 spiro atoms. The molecule has 5 heteroatoms. The third-order valence-corrected chi connectivity index (χ3v) is 3.10. The highest BCUT2D eigenvalue weighted by atomic mass is 16.5. The Morgan fingerprint density at radius 3 is 2.95 bits per heavy atom. The third-order valence-electron chi connectivity index (χ3n) is 3.10. The first kappa shape index (κ1) is 13.5. The number of nitrogens with one attached hydrogen (secondary N) is 1. The lowest BCUT2D eigenvalue weighted by molar-refractivity contribution is -0.138. The van der Waals surface area contributed by atoms with E-state index in [1.165, 1.54) is 0 Å². The Labute approximate surface area is 111 Å². The van der Waals surface area contributed by atoms with Crippen molar-refractivity contribution in [2.45, 2.75) is 25.4 Å². The normalized spacial score (nSPS) is 17.6. The highest BCUT2D eigenvalue weighted by molar-refractivity contribution is 5.82. The first-order valence-electron chi connectivity index (χ1n) is 6.37. The molecule has 1 aliphatic rings. The molecule has 2 rings (SSSR count). The summed E-state index contributed by atoms with van der Waals surface area (Å²) in [5.74, 6) is -1.05. The number of hydrogen-bond donors (Lipinski definition) is 2. The molecule has 102 valence electrons. The molecular formula is C14H17NO4. The molecule has 0 aromatic heterocycles. The summed E-state index contributed by atoms with van der Waals surface area (Å²) in [6, 6.07) is 7.74. The molecule has 1 aromatic rings. The largest absolute Gasteiger partial charge is 0.481 e. The van der Waals surface area contributed by atoms with Crippen molar-refractivity contribution in [3.05, 3.63) is 35.4 Å². The zero-order valence-corrected chi connectivity index (χ0v) is 10.6. The predicted molar refractivity (Wildman–Crippen MR) is 68.7 cm³/mol. The topological polar surface area (TPSA) is 75.6 Å². The number of carboxylic acids is 1. The van der Waals surface area contributed by atoms with E-state index in [1.807, 2.05) is 24.3 Å². The smallest absolute Gasteiger partial charge is 0.303 e. The number of benzene rings is 1. The Morgan fingerprint density at radius 1 is 1.37 bits per heavy atom. The summed E-state index contributed by atoms with van der Waals surface area (Å²) in [4.78, 5) is 22.4. The molecule has 0 bridgehead atoms. The molecule has 1 unspecified atom stereocenters. The van der Waals surface area contributed by atoms with E-state index in [9.17, 15) is 9.59 Å². The van der Waals surface area contributed by atoms with Crippen LogP contribution in [0, 0.1) is 0 Å². The molecule has 0 saturated heterocycles. The second-order valence-electron chi connectivity index (χ2n) is 4.49. The molecule has 0 fully saturated rings. The van der Waals surface area contributed by atoms with Crippen molar-refractivity contribution in [2.24, 2.45) is 0 Å². The summed E-state index contributed by atoms with van der Waals surface area (Å²) < 4.78 is 5.52. The van der Waals surface area contributed by atoms with Gasteiger partial charge in [0.05, 0.1) is 6.61 Å². The van der Waals surface area contributed by atoms with Crippen LogP contribution in [0.4, 0.5) is 0 Å². The van der Waals surface area contributed by atoms with Crippen LogP contribution in [0.5, 0.6) is 0 Å². The molecule has 1 aliphatic heterocycles. The van der Waals surface area contributed by atoms with Gasteiger partial charge in [-0.3, -0.25) is 9.59 Å². The van der Waals surface area contributed by atoms with Crippen molar-refractivity contribution < 1.29 is 19.4 Å². The summed E-state index contributed by atoms with van der Waals surface area (Å²) in [6.07, 6.45) is 0.728. The van der Waals surface area contributed by atoms with Crippen LogP contribution in [-0.4, -0.2) is 30.1 Å². The number of ether oxygens (including phenoxy) is 1. The van der Waals surface area contributed by atoms with Crippen molar-refractivity contribution in [1.82, 2.24) is 5.32 Å². The SMILES string of the molecule is O=C(O)CCCNC(=O)C1OCCc2ccccc21. The van der Waals surface area contributed by atoms with E-state index in [0.717, 1.165) is 17.5 Å². The highest BCUT2D eigenvalue weighted by Crippen LogP contribution is 2.26. The Hall–Kier alpha value is -1.88. The van der Waals surface area contributed by atoms with Crippen LogP contribution in [0.2, 0.25) is 0 Å². The molecule has 0 aliphatic carbocycles. The second kappa shape index (κ2) is 6.33. The van der Waals surface area contributed by atoms with Crippen LogP contribution in [-0.2, 0) is 20.7 Å². The van der Waals surface area contributed by atoms with Gasteiger partial charge in [0.15, 0.2) is 6.10 Å². The number of carbonyl (C=O) groups is 2. The molecule has 2 N–H and O–H groups in total. The molecule has 1 heterocycles. The van der Waals surface area contributed by atoms with Crippen LogP contribution in [0.15, 0.2) is 24.3 Å². The van der Waals surface area contributed by atoms with Crippen LogP contribution in [0.1, 0.15) is 30.1 Å². The standard InChI is InChI=1S/C14H17NO4/c16-12(17)6-3-8-15-14(18)13-11-5-2-1-4-10(11)7-9-19-13/h1-2,4-5,13H,3,6-9H2,(H,15,18)(H,16,17). The summed E-state index contributed by atoms with van der Waals surface area (Å²) in [5.41, 5.74) is 2.05. The quantitative estimate of drug-likeness (QED) is 0.785. The van der Waals surface area contributed by atoms with Crippen molar-refractivity contribution in [2.75, 3.05) is 13.2 Å². The van der Waals surface area contributed by atoms with Gasteiger partial charge in [-0.15, -0.1) is 0 Å². The van der Waals surface area contributed by atoms with E-state index in [-0.39, 0.29) is 12.3 Å². The molecule has 1 aromatic carbocycles. The van der Waals surface area contributed by atoms with E-state index in [0.29, 0.717) is 19.6 Å². The van der Waals surface area contributed by atoms with Gasteiger partial charge >= 0.3 is 5.97 Å². The first-order chi connectivity index (χ1) is 9.18. The molecule has 0 saturated carbocycles. The van der Waals surface area contributed by atoms with Gasteiger partial charge in [0.25, 0.3) is 5.91 Å². The summed E-state index contributed by atoms with van der Waals surface area (Å²) in [7, 11) is 0. The lowest BCUT2D eigenvalue weighted by atomic mass is 9.97. The van der Waals surface area contributed by atoms with Crippen molar-refractivity contribution in [1.29, 1.82) is 0 Å². The van der Waals surface area contributed by atoms with Crippen molar-refractivity contribution in [3.63, 3.8) is 0 Å². The van der Waals surface area contributed by atoms with Crippen LogP contribution >= 0.6 is 0 Å². The van der Waals surface area contributed by atoms with E-state index in [4.69, 9.17) is 9.84 Å². The van der Waals surface area contributed by atoms with Gasteiger partial charge in [0.2, 0.25) is 0 Å². The molecule has 0 radical (unpaired) electrons. The van der Waals surface area contributed by atoms with Gasteiger partial charge in [-0.05, 0) is 24.0 Å². The van der Waals surface area contributed by atoms with Crippen molar-refractivity contribution >= 4 is 11.9 Å². The molecule has 19 heavy (non-hydrogen) atoms. The highest BCUT2D eigenvalue weighted by Gasteiger charge is 2.26. The first-order valence-corrected chi connectivity index (χ1v) is 6.37. The number of amides is 1. The second-order valence-corrected chi connectivity index (χ2v) is 4.49. The van der Waals surface area contributed by atoms with E-state index >= 15 is 0 Å². The Morgan fingerprint density at radius 2 is 2.16 bits per heavy atom. The zero-order valence-electron chi connectivity index (χ0n) is 10.6. The van der Waals surface area contributed by atoms with Gasteiger partial charge in [-0.2, -0.15) is 0 Å². The predicted octanol–water partition coefficient (Wildman–Crippen LogP) is 1.28. The van der Waals surface area contributed by atoms with Gasteiger partial charge < -0.3 is 15.2 Å². The Bertz CT molecular complexity index is 472. The maximum absolute atomic E-state index is 12.0. The fourth-order valence-corrected chi connectivity index (χ4v) is 2.15. The van der Waals surface area contributed by atoms with E-state index in [2.05, 4.69) is 5.32 Å². The van der Waals surface area contributed by atoms with Gasteiger partial charge in [0, 0.05) is 13.0 Å². The average molecular weight is 263 g/mol. The molecule has 1 amide bonds. The van der Waals surface area contributed by atoms with E-state index < -0.39 is 12.1 Å². The Balaban J connectivity index is 1.92. The van der Waals surface area contributed by atoms with Crippen molar-refractivity contribution in [3.8, 4) is 0 Å². The zero-order chi connectivity index (χ0) is 13.7. The van der Waals surface area contributed by atoms with Gasteiger partial charge in [0.1, 0.15) is 0 Å². The number of carbonyl (C=O) groups excluding carboxylic acids is 1. The average Bonchev–Trinajstić information content (AvgIpc) is 2.42. The lowest BCUT2D eigenvalue weighted by Gasteiger charge is -2.25. The number of carboxylic acid groups (broad SMARTS) is 1. The minimum absolute atomic E-state index is 0.0579. The van der Waals surface area contributed by atoms with Gasteiger partial charge in [-0.1, -0.05) is 24.3 Å². The molecular weight excluding hydrogens is 246 g/mol. The lowest BCUT2D eigenvalue weighted by Crippen LogP contribution is -2.34. The summed E-state index contributed by atoms with van der Waals surface area (Å²) >= 11 is 0. The minimum atomic E-state index is -0.853. The summed E-state index contributed by atoms with van der Waals surface area (Å²) in [5, 5.41) is 11.2. The van der Waals surface area contributed by atoms with E-state index in [1.54, 1.807) is 0 Å². The van der Waals surface area contributed by atoms with Crippen LogP contribution in [0.3, 0.4) is 0 Å². The fourth-order valence-electron chi connectivity index (χ4n) is 2.15. The number of aliphatic carboxylic acids is 1. The fraction of sp³-hybridized carbons (Fsp3) is 0.429.